The Morgan fingerprint density at radius 1 is 1.08 bits per heavy atom. The fraction of sp³-hybridized carbons (Fsp3) is 0.400. The van der Waals surface area contributed by atoms with Crippen molar-refractivity contribution < 1.29 is 19.1 Å². The van der Waals surface area contributed by atoms with E-state index in [-0.39, 0.29) is 18.0 Å². The zero-order valence-corrected chi connectivity index (χ0v) is 21.8. The van der Waals surface area contributed by atoms with Gasteiger partial charge >= 0.3 is 6.09 Å². The van der Waals surface area contributed by atoms with Crippen LogP contribution in [-0.2, 0) is 16.1 Å². The molecule has 0 aliphatic carbocycles. The highest BCUT2D eigenvalue weighted by Crippen LogP contribution is 2.40. The van der Waals surface area contributed by atoms with Gasteiger partial charge in [0, 0.05) is 65.6 Å². The van der Waals surface area contributed by atoms with E-state index in [0.29, 0.717) is 55.1 Å². The van der Waals surface area contributed by atoms with E-state index in [4.69, 9.17) is 9.47 Å². The van der Waals surface area contributed by atoms with Gasteiger partial charge in [-0.25, -0.2) is 9.78 Å². The number of carbonyl (C=O) groups is 2. The number of carbonyl (C=O) groups excluding carboxylic acids is 2. The lowest BCUT2D eigenvalue weighted by Gasteiger charge is -2.37. The number of methoxy groups -OCH3 is 1. The molecule has 0 bridgehead atoms. The van der Waals surface area contributed by atoms with Crippen molar-refractivity contribution in [3.05, 3.63) is 47.0 Å². The third kappa shape index (κ3) is 4.52. The lowest BCUT2D eigenvalue weighted by molar-refractivity contribution is -0.135. The van der Waals surface area contributed by atoms with Gasteiger partial charge in [0.15, 0.2) is 0 Å². The van der Waals surface area contributed by atoms with Gasteiger partial charge in [-0.2, -0.15) is 0 Å². The van der Waals surface area contributed by atoms with Gasteiger partial charge in [-0.15, -0.1) is 23.5 Å². The van der Waals surface area contributed by atoms with E-state index in [2.05, 4.69) is 9.97 Å². The second-order valence-electron chi connectivity index (χ2n) is 9.24. The number of aromatic nitrogens is 3. The van der Waals surface area contributed by atoms with Crippen LogP contribution >= 0.6 is 23.5 Å². The van der Waals surface area contributed by atoms with E-state index in [1.54, 1.807) is 51.7 Å². The molecular formula is C25H25N5O5S2. The molecule has 0 aromatic carbocycles. The summed E-state index contributed by atoms with van der Waals surface area (Å²) in [7, 11) is 1.53. The minimum Gasteiger partial charge on any atom is -0.495 e. The molecule has 3 aliphatic heterocycles. The number of hydrogen-bond donors (Lipinski definition) is 0. The van der Waals surface area contributed by atoms with Crippen molar-refractivity contribution in [2.45, 2.75) is 34.8 Å². The summed E-state index contributed by atoms with van der Waals surface area (Å²) in [6, 6.07) is 6.73. The van der Waals surface area contributed by atoms with Crippen LogP contribution in [0.25, 0.3) is 11.0 Å². The summed E-state index contributed by atoms with van der Waals surface area (Å²) < 4.78 is 12.5. The van der Waals surface area contributed by atoms with Crippen LogP contribution in [0.15, 0.2) is 51.2 Å². The Balaban J connectivity index is 1.14. The number of thioether (sulfide) groups is 2. The summed E-state index contributed by atoms with van der Waals surface area (Å²) in [5, 5.41) is 0. The Labute approximate surface area is 221 Å². The van der Waals surface area contributed by atoms with Crippen molar-refractivity contribution in [2.24, 2.45) is 0 Å². The Hall–Kier alpha value is -3.25. The number of amides is 2. The number of piperidine rings is 1. The zero-order chi connectivity index (χ0) is 25.6. The van der Waals surface area contributed by atoms with Crippen LogP contribution in [0.4, 0.5) is 10.6 Å². The summed E-state index contributed by atoms with van der Waals surface area (Å²) in [6.07, 6.45) is 4.06. The zero-order valence-electron chi connectivity index (χ0n) is 20.2. The molecule has 2 saturated heterocycles. The topological polar surface area (TPSA) is 107 Å². The molecule has 10 nitrogen and oxygen atoms in total. The predicted molar refractivity (Wildman–Crippen MR) is 141 cm³/mol. The molecule has 3 aliphatic rings. The number of rotatable bonds is 4. The maximum absolute atomic E-state index is 13.2. The second-order valence-corrected chi connectivity index (χ2v) is 11.5. The Morgan fingerprint density at radius 3 is 2.65 bits per heavy atom. The van der Waals surface area contributed by atoms with Crippen LogP contribution < -0.4 is 15.2 Å². The molecule has 3 aromatic rings. The normalized spacial score (nSPS) is 18.7. The highest BCUT2D eigenvalue weighted by Gasteiger charge is 2.48. The van der Waals surface area contributed by atoms with Crippen molar-refractivity contribution in [3.63, 3.8) is 0 Å². The SMILES string of the molecule is COc1cnc2ccc(=O)n(CC(=O)N3CCC4(CC3)CN(c3cc5c(cn3)SCCS5)C(=O)O4)c2c1. The Bertz CT molecular complexity index is 1450. The Kier molecular flexibility index (Phi) is 6.23. The van der Waals surface area contributed by atoms with Crippen molar-refractivity contribution >= 4 is 52.4 Å². The number of ether oxygens (including phenoxy) is 2. The number of hydrogen-bond acceptors (Lipinski definition) is 9. The molecular weight excluding hydrogens is 514 g/mol. The summed E-state index contributed by atoms with van der Waals surface area (Å²) in [4.78, 5) is 53.1. The summed E-state index contributed by atoms with van der Waals surface area (Å²) in [5.74, 6) is 3.04. The minimum absolute atomic E-state index is 0.0986. The molecule has 0 N–H and O–H groups in total. The van der Waals surface area contributed by atoms with Gasteiger partial charge in [-0.3, -0.25) is 24.0 Å². The fourth-order valence-electron chi connectivity index (χ4n) is 4.97. The Morgan fingerprint density at radius 2 is 1.86 bits per heavy atom. The third-order valence-electron chi connectivity index (χ3n) is 7.03. The summed E-state index contributed by atoms with van der Waals surface area (Å²) in [6.45, 7) is 1.18. The van der Waals surface area contributed by atoms with E-state index in [0.717, 1.165) is 21.3 Å². The van der Waals surface area contributed by atoms with Gasteiger partial charge in [-0.1, -0.05) is 0 Å². The summed E-state index contributed by atoms with van der Waals surface area (Å²) in [5.41, 5.74) is 0.222. The maximum atomic E-state index is 13.2. The first-order chi connectivity index (χ1) is 17.9. The van der Waals surface area contributed by atoms with Crippen LogP contribution in [-0.4, -0.2) is 75.3 Å². The molecule has 2 amide bonds. The predicted octanol–water partition coefficient (Wildman–Crippen LogP) is 3.02. The van der Waals surface area contributed by atoms with Gasteiger partial charge in [-0.05, 0) is 12.1 Å². The molecule has 0 saturated carbocycles. The van der Waals surface area contributed by atoms with Gasteiger partial charge < -0.3 is 14.4 Å². The van der Waals surface area contributed by atoms with Crippen molar-refractivity contribution in [1.82, 2.24) is 19.4 Å². The van der Waals surface area contributed by atoms with E-state index in [9.17, 15) is 14.4 Å². The van der Waals surface area contributed by atoms with E-state index >= 15 is 0 Å². The number of anilines is 1. The molecule has 6 rings (SSSR count). The third-order valence-corrected chi connectivity index (χ3v) is 9.52. The lowest BCUT2D eigenvalue weighted by Crippen LogP contribution is -2.49. The second kappa shape index (κ2) is 9.56. The highest BCUT2D eigenvalue weighted by atomic mass is 32.2. The van der Waals surface area contributed by atoms with E-state index in [1.807, 2.05) is 12.3 Å². The molecule has 0 unspecified atom stereocenters. The molecule has 2 fully saturated rings. The first kappa shape index (κ1) is 24.1. The standard InChI is InChI=1S/C25H25N5O5S2/c1-34-16-10-18-17(26-12-16)2-3-22(31)29(18)14-23(32)28-6-4-25(5-7-28)15-30(24(33)35-25)21-11-19-20(13-27-21)37-9-8-36-19/h2-3,10-13H,4-9,14-15H2,1H3. The fourth-order valence-corrected chi connectivity index (χ4v) is 7.14. The number of nitrogens with zero attached hydrogens (tertiary/aromatic N) is 5. The van der Waals surface area contributed by atoms with Crippen LogP contribution in [0.5, 0.6) is 5.75 Å². The monoisotopic (exact) mass is 539 g/mol. The minimum atomic E-state index is -0.652. The smallest absolute Gasteiger partial charge is 0.416 e. The quantitative estimate of drug-likeness (QED) is 0.495. The number of pyridine rings is 3. The average Bonchev–Trinajstić information content (AvgIpc) is 3.25. The van der Waals surface area contributed by atoms with Crippen LogP contribution in [0.2, 0.25) is 0 Å². The van der Waals surface area contributed by atoms with Crippen molar-refractivity contribution in [2.75, 3.05) is 43.1 Å². The van der Waals surface area contributed by atoms with Crippen LogP contribution in [0, 0.1) is 0 Å². The molecule has 3 aromatic heterocycles. The highest BCUT2D eigenvalue weighted by molar-refractivity contribution is 8.05. The van der Waals surface area contributed by atoms with Gasteiger partial charge in [0.1, 0.15) is 23.7 Å². The van der Waals surface area contributed by atoms with Crippen molar-refractivity contribution in [1.29, 1.82) is 0 Å². The maximum Gasteiger partial charge on any atom is 0.416 e. The molecule has 37 heavy (non-hydrogen) atoms. The largest absolute Gasteiger partial charge is 0.495 e. The van der Waals surface area contributed by atoms with Gasteiger partial charge in [0.2, 0.25) is 5.91 Å². The molecule has 1 spiro atoms. The molecule has 0 atom stereocenters. The first-order valence-corrected chi connectivity index (χ1v) is 14.0. The molecule has 6 heterocycles. The summed E-state index contributed by atoms with van der Waals surface area (Å²) >= 11 is 3.56. The molecule has 192 valence electrons. The van der Waals surface area contributed by atoms with E-state index in [1.165, 1.54) is 17.7 Å². The average molecular weight is 540 g/mol. The van der Waals surface area contributed by atoms with Crippen molar-refractivity contribution in [3.8, 4) is 5.75 Å². The molecule has 12 heteroatoms. The number of fused-ring (bicyclic) bond motifs is 2. The van der Waals surface area contributed by atoms with E-state index < -0.39 is 11.7 Å². The van der Waals surface area contributed by atoms with Gasteiger partial charge in [0.25, 0.3) is 5.56 Å². The first-order valence-electron chi connectivity index (χ1n) is 12.0. The lowest BCUT2D eigenvalue weighted by atomic mass is 9.91. The van der Waals surface area contributed by atoms with Gasteiger partial charge in [0.05, 0.1) is 30.9 Å². The van der Waals surface area contributed by atoms with Crippen LogP contribution in [0.3, 0.4) is 0 Å². The van der Waals surface area contributed by atoms with Crippen LogP contribution in [0.1, 0.15) is 12.8 Å². The molecule has 0 radical (unpaired) electrons. The number of likely N-dealkylation sites (tertiary alicyclic amines) is 1.